The lowest BCUT2D eigenvalue weighted by atomic mass is 10.2. The van der Waals surface area contributed by atoms with Gasteiger partial charge in [-0.05, 0) is 12.1 Å². The van der Waals surface area contributed by atoms with E-state index in [9.17, 15) is 13.6 Å². The predicted octanol–water partition coefficient (Wildman–Crippen LogP) is 2.21. The molecule has 0 atom stereocenters. The van der Waals surface area contributed by atoms with Crippen LogP contribution in [0.25, 0.3) is 0 Å². The Morgan fingerprint density at radius 2 is 2.21 bits per heavy atom. The Kier molecular flexibility index (Phi) is 4.13. The Morgan fingerprint density at radius 3 is 2.89 bits per heavy atom. The standard InChI is InChI=1S/C11H9F2N3O2S/c1-18-5-9-15-16-11(19-9)14-10(17)7-3-2-6(12)4-8(7)13/h2-4H,5H2,1H3,(H,14,16,17). The number of anilines is 1. The Morgan fingerprint density at radius 1 is 1.42 bits per heavy atom. The van der Waals surface area contributed by atoms with Crippen molar-refractivity contribution in [3.8, 4) is 0 Å². The van der Waals surface area contributed by atoms with E-state index in [1.165, 1.54) is 7.11 Å². The van der Waals surface area contributed by atoms with Crippen LogP contribution in [-0.2, 0) is 11.3 Å². The predicted molar refractivity (Wildman–Crippen MR) is 64.9 cm³/mol. The summed E-state index contributed by atoms with van der Waals surface area (Å²) in [5.41, 5.74) is -0.259. The average molecular weight is 285 g/mol. The monoisotopic (exact) mass is 285 g/mol. The molecule has 0 aliphatic carbocycles. The number of rotatable bonds is 4. The number of methoxy groups -OCH3 is 1. The summed E-state index contributed by atoms with van der Waals surface area (Å²) in [5, 5.41) is 10.7. The van der Waals surface area contributed by atoms with Crippen molar-refractivity contribution in [1.82, 2.24) is 10.2 Å². The van der Waals surface area contributed by atoms with Gasteiger partial charge >= 0.3 is 0 Å². The topological polar surface area (TPSA) is 64.1 Å². The van der Waals surface area contributed by atoms with E-state index in [1.807, 2.05) is 0 Å². The van der Waals surface area contributed by atoms with Crippen LogP contribution in [0.1, 0.15) is 15.4 Å². The van der Waals surface area contributed by atoms with Crippen LogP contribution in [0.2, 0.25) is 0 Å². The summed E-state index contributed by atoms with van der Waals surface area (Å²) in [4.78, 5) is 11.7. The summed E-state index contributed by atoms with van der Waals surface area (Å²) in [7, 11) is 1.51. The van der Waals surface area contributed by atoms with Crippen LogP contribution in [0.4, 0.5) is 13.9 Å². The Hall–Kier alpha value is -1.93. The number of halogens is 2. The zero-order valence-corrected chi connectivity index (χ0v) is 10.6. The van der Waals surface area contributed by atoms with Gasteiger partial charge in [0, 0.05) is 13.2 Å². The molecule has 8 heteroatoms. The van der Waals surface area contributed by atoms with Gasteiger partial charge in [0.15, 0.2) is 0 Å². The third-order valence-corrected chi connectivity index (χ3v) is 2.94. The summed E-state index contributed by atoms with van der Waals surface area (Å²) in [6.07, 6.45) is 0. The second-order valence-corrected chi connectivity index (χ2v) is 4.57. The highest BCUT2D eigenvalue weighted by Crippen LogP contribution is 2.18. The molecule has 19 heavy (non-hydrogen) atoms. The number of carbonyl (C=O) groups is 1. The smallest absolute Gasteiger partial charge is 0.260 e. The van der Waals surface area contributed by atoms with Gasteiger partial charge in [0.25, 0.3) is 5.91 Å². The lowest BCUT2D eigenvalue weighted by Crippen LogP contribution is -2.13. The largest absolute Gasteiger partial charge is 0.377 e. The Labute approximate surface area is 111 Å². The van der Waals surface area contributed by atoms with Gasteiger partial charge in [0.05, 0.1) is 5.56 Å². The molecule has 1 aromatic heterocycles. The Balaban J connectivity index is 2.11. The summed E-state index contributed by atoms with van der Waals surface area (Å²) >= 11 is 1.11. The number of nitrogens with one attached hydrogen (secondary N) is 1. The first-order valence-corrected chi connectivity index (χ1v) is 5.99. The van der Waals surface area contributed by atoms with Crippen LogP contribution in [0.15, 0.2) is 18.2 Å². The van der Waals surface area contributed by atoms with Crippen molar-refractivity contribution in [2.75, 3.05) is 12.4 Å². The number of hydrogen-bond donors (Lipinski definition) is 1. The highest BCUT2D eigenvalue weighted by Gasteiger charge is 2.14. The molecule has 0 aliphatic heterocycles. The molecule has 0 bridgehead atoms. The molecule has 2 aromatic rings. The highest BCUT2D eigenvalue weighted by molar-refractivity contribution is 7.15. The number of ether oxygens (including phenoxy) is 1. The molecule has 1 amide bonds. The van der Waals surface area contributed by atoms with Crippen molar-refractivity contribution in [2.45, 2.75) is 6.61 Å². The van der Waals surface area contributed by atoms with Crippen molar-refractivity contribution in [1.29, 1.82) is 0 Å². The van der Waals surface area contributed by atoms with E-state index in [0.717, 1.165) is 23.5 Å². The molecule has 100 valence electrons. The summed E-state index contributed by atoms with van der Waals surface area (Å²) in [6, 6.07) is 2.72. The fraction of sp³-hybridized carbons (Fsp3) is 0.182. The van der Waals surface area contributed by atoms with E-state index in [1.54, 1.807) is 0 Å². The average Bonchev–Trinajstić information content (AvgIpc) is 2.76. The second kappa shape index (κ2) is 5.81. The van der Waals surface area contributed by atoms with E-state index in [4.69, 9.17) is 4.74 Å². The quantitative estimate of drug-likeness (QED) is 0.935. The van der Waals surface area contributed by atoms with E-state index in [2.05, 4.69) is 15.5 Å². The molecule has 0 saturated heterocycles. The van der Waals surface area contributed by atoms with Gasteiger partial charge in [0.2, 0.25) is 5.13 Å². The fourth-order valence-electron chi connectivity index (χ4n) is 1.32. The number of hydrogen-bond acceptors (Lipinski definition) is 5. The van der Waals surface area contributed by atoms with Crippen LogP contribution in [0.3, 0.4) is 0 Å². The van der Waals surface area contributed by atoms with Crippen molar-refractivity contribution >= 4 is 22.4 Å². The van der Waals surface area contributed by atoms with Crippen LogP contribution < -0.4 is 5.32 Å². The van der Waals surface area contributed by atoms with Crippen LogP contribution in [0, 0.1) is 11.6 Å². The fourth-order valence-corrected chi connectivity index (χ4v) is 2.03. The van der Waals surface area contributed by atoms with E-state index < -0.39 is 17.5 Å². The lowest BCUT2D eigenvalue weighted by Gasteiger charge is -2.02. The molecule has 1 aromatic carbocycles. The highest BCUT2D eigenvalue weighted by atomic mass is 32.1. The van der Waals surface area contributed by atoms with E-state index in [0.29, 0.717) is 11.1 Å². The van der Waals surface area contributed by atoms with Gasteiger partial charge in [-0.25, -0.2) is 8.78 Å². The Bertz CT molecular complexity index is 603. The number of carbonyl (C=O) groups excluding carboxylic acids is 1. The zero-order valence-electron chi connectivity index (χ0n) is 9.81. The summed E-state index contributed by atoms with van der Waals surface area (Å²) in [5.74, 6) is -2.39. The molecule has 5 nitrogen and oxygen atoms in total. The van der Waals surface area contributed by atoms with Gasteiger partial charge in [0.1, 0.15) is 23.2 Å². The number of amides is 1. The second-order valence-electron chi connectivity index (χ2n) is 3.51. The molecule has 0 saturated carbocycles. The van der Waals surface area contributed by atoms with Gasteiger partial charge in [-0.3, -0.25) is 10.1 Å². The number of nitrogens with zero attached hydrogens (tertiary/aromatic N) is 2. The van der Waals surface area contributed by atoms with Gasteiger partial charge in [-0.1, -0.05) is 11.3 Å². The van der Waals surface area contributed by atoms with Crippen molar-refractivity contribution in [3.63, 3.8) is 0 Å². The third-order valence-electron chi connectivity index (χ3n) is 2.13. The third kappa shape index (κ3) is 3.30. The number of benzene rings is 1. The van der Waals surface area contributed by atoms with Crippen molar-refractivity contribution < 1.29 is 18.3 Å². The molecule has 1 N–H and O–H groups in total. The summed E-state index contributed by atoms with van der Waals surface area (Å²) < 4.78 is 31.0. The SMILES string of the molecule is COCc1nnc(NC(=O)c2ccc(F)cc2F)s1. The molecular weight excluding hydrogens is 276 g/mol. The van der Waals surface area contributed by atoms with Gasteiger partial charge in [-0.2, -0.15) is 0 Å². The van der Waals surface area contributed by atoms with Gasteiger partial charge < -0.3 is 4.74 Å². The van der Waals surface area contributed by atoms with Crippen LogP contribution in [0.5, 0.6) is 0 Å². The van der Waals surface area contributed by atoms with Crippen LogP contribution in [-0.4, -0.2) is 23.2 Å². The minimum absolute atomic E-state index is 0.223. The lowest BCUT2D eigenvalue weighted by molar-refractivity contribution is 0.102. The first-order chi connectivity index (χ1) is 9.10. The molecule has 0 fully saturated rings. The maximum absolute atomic E-state index is 13.4. The van der Waals surface area contributed by atoms with Crippen molar-refractivity contribution in [3.05, 3.63) is 40.4 Å². The van der Waals surface area contributed by atoms with Gasteiger partial charge in [-0.15, -0.1) is 10.2 Å². The maximum atomic E-state index is 13.4. The molecule has 0 unspecified atom stereocenters. The zero-order chi connectivity index (χ0) is 13.8. The molecule has 1 heterocycles. The van der Waals surface area contributed by atoms with Crippen LogP contribution >= 0.6 is 11.3 Å². The minimum atomic E-state index is -0.931. The molecule has 2 rings (SSSR count). The summed E-state index contributed by atoms with van der Waals surface area (Å²) in [6.45, 7) is 0.276. The molecule has 0 spiro atoms. The first kappa shape index (κ1) is 13.5. The van der Waals surface area contributed by atoms with E-state index in [-0.39, 0.29) is 17.3 Å². The molecular formula is C11H9F2N3O2S. The molecule has 0 radical (unpaired) electrons. The van der Waals surface area contributed by atoms with Crippen molar-refractivity contribution in [2.24, 2.45) is 0 Å². The normalized spacial score (nSPS) is 10.5. The molecule has 0 aliphatic rings. The maximum Gasteiger partial charge on any atom is 0.260 e. The first-order valence-electron chi connectivity index (χ1n) is 5.18. The van der Waals surface area contributed by atoms with E-state index >= 15 is 0 Å². The minimum Gasteiger partial charge on any atom is -0.377 e. The number of aromatic nitrogens is 2.